The molecule has 1 rings (SSSR count). The molecule has 7 heteroatoms. The molecule has 0 saturated carbocycles. The van der Waals surface area contributed by atoms with Gasteiger partial charge in [0.25, 0.3) is 0 Å². The van der Waals surface area contributed by atoms with Crippen LogP contribution in [0, 0.1) is 0 Å². The highest BCUT2D eigenvalue weighted by molar-refractivity contribution is 5.93. The summed E-state index contributed by atoms with van der Waals surface area (Å²) < 4.78 is 36.3. The molecule has 4 nitrogen and oxygen atoms in total. The molecule has 0 aliphatic carbocycles. The SMILES string of the molecule is CC(CC(F)(F)F)Nc1ncccc1C(=O)O. The molecule has 1 unspecified atom stereocenters. The zero-order chi connectivity index (χ0) is 13.1. The summed E-state index contributed by atoms with van der Waals surface area (Å²) in [4.78, 5) is 14.5. The van der Waals surface area contributed by atoms with Crippen LogP contribution in [-0.2, 0) is 0 Å². The fourth-order valence-corrected chi connectivity index (χ4v) is 1.32. The maximum Gasteiger partial charge on any atom is 0.391 e. The highest BCUT2D eigenvalue weighted by Gasteiger charge is 2.30. The summed E-state index contributed by atoms with van der Waals surface area (Å²) in [5, 5.41) is 11.2. The number of carboxylic acids is 1. The van der Waals surface area contributed by atoms with Gasteiger partial charge in [-0.2, -0.15) is 13.2 Å². The van der Waals surface area contributed by atoms with Gasteiger partial charge in [0.15, 0.2) is 0 Å². The number of anilines is 1. The maximum absolute atomic E-state index is 12.1. The van der Waals surface area contributed by atoms with Crippen LogP contribution in [0.2, 0.25) is 0 Å². The lowest BCUT2D eigenvalue weighted by Crippen LogP contribution is -2.25. The number of aromatic nitrogens is 1. The molecule has 0 saturated heterocycles. The third kappa shape index (κ3) is 4.29. The Morgan fingerprint density at radius 3 is 2.76 bits per heavy atom. The highest BCUT2D eigenvalue weighted by Crippen LogP contribution is 2.23. The van der Waals surface area contributed by atoms with Crippen LogP contribution in [0.4, 0.5) is 19.0 Å². The van der Waals surface area contributed by atoms with Gasteiger partial charge in [-0.25, -0.2) is 9.78 Å². The lowest BCUT2D eigenvalue weighted by atomic mass is 10.2. The van der Waals surface area contributed by atoms with Gasteiger partial charge >= 0.3 is 12.1 Å². The molecule has 0 radical (unpaired) electrons. The van der Waals surface area contributed by atoms with Crippen LogP contribution in [0.25, 0.3) is 0 Å². The fraction of sp³-hybridized carbons (Fsp3) is 0.400. The van der Waals surface area contributed by atoms with Gasteiger partial charge in [0.05, 0.1) is 6.42 Å². The first-order chi connectivity index (χ1) is 7.79. The molecule has 1 aromatic heterocycles. The van der Waals surface area contributed by atoms with Crippen molar-refractivity contribution in [3.63, 3.8) is 0 Å². The summed E-state index contributed by atoms with van der Waals surface area (Å²) in [5.74, 6) is -1.29. The largest absolute Gasteiger partial charge is 0.478 e. The van der Waals surface area contributed by atoms with Crippen LogP contribution in [0.15, 0.2) is 18.3 Å². The van der Waals surface area contributed by atoms with Crippen molar-refractivity contribution in [2.75, 3.05) is 5.32 Å². The highest BCUT2D eigenvalue weighted by atomic mass is 19.4. The van der Waals surface area contributed by atoms with E-state index in [1.165, 1.54) is 25.3 Å². The molecule has 0 bridgehead atoms. The standard InChI is InChI=1S/C10H11F3N2O2/c1-6(5-10(11,12)13)15-8-7(9(16)17)3-2-4-14-8/h2-4,6H,5H2,1H3,(H,14,15)(H,16,17). The summed E-state index contributed by atoms with van der Waals surface area (Å²) in [5.41, 5.74) is -0.151. The van der Waals surface area contributed by atoms with Gasteiger partial charge in [0.2, 0.25) is 0 Å². The fourth-order valence-electron chi connectivity index (χ4n) is 1.32. The summed E-state index contributed by atoms with van der Waals surface area (Å²) >= 11 is 0. The van der Waals surface area contributed by atoms with E-state index in [-0.39, 0.29) is 11.4 Å². The van der Waals surface area contributed by atoms with Crippen LogP contribution in [0.3, 0.4) is 0 Å². The summed E-state index contributed by atoms with van der Waals surface area (Å²) in [6, 6.07) is 1.74. The molecule has 0 spiro atoms. The minimum Gasteiger partial charge on any atom is -0.478 e. The Morgan fingerprint density at radius 1 is 1.59 bits per heavy atom. The van der Waals surface area contributed by atoms with E-state index < -0.39 is 24.6 Å². The number of halogens is 3. The molecule has 1 atom stereocenters. The van der Waals surface area contributed by atoms with Crippen molar-refractivity contribution in [1.82, 2.24) is 4.98 Å². The van der Waals surface area contributed by atoms with E-state index in [4.69, 9.17) is 5.11 Å². The molecular formula is C10H11F3N2O2. The number of pyridine rings is 1. The Bertz CT molecular complexity index is 407. The van der Waals surface area contributed by atoms with Gasteiger partial charge in [-0.15, -0.1) is 0 Å². The van der Waals surface area contributed by atoms with Crippen LogP contribution in [0.1, 0.15) is 23.7 Å². The zero-order valence-corrected chi connectivity index (χ0v) is 8.95. The molecule has 17 heavy (non-hydrogen) atoms. The van der Waals surface area contributed by atoms with Crippen LogP contribution in [0.5, 0.6) is 0 Å². The summed E-state index contributed by atoms with van der Waals surface area (Å²) in [6.45, 7) is 1.31. The monoisotopic (exact) mass is 248 g/mol. The van der Waals surface area contributed by atoms with Crippen molar-refractivity contribution in [2.45, 2.75) is 25.6 Å². The molecule has 1 aromatic rings. The molecule has 0 amide bonds. The van der Waals surface area contributed by atoms with Crippen molar-refractivity contribution in [3.8, 4) is 0 Å². The smallest absolute Gasteiger partial charge is 0.391 e. The number of rotatable bonds is 4. The lowest BCUT2D eigenvalue weighted by molar-refractivity contribution is -0.136. The van der Waals surface area contributed by atoms with E-state index in [2.05, 4.69) is 10.3 Å². The van der Waals surface area contributed by atoms with Gasteiger partial charge < -0.3 is 10.4 Å². The molecule has 0 fully saturated rings. The van der Waals surface area contributed by atoms with Gasteiger partial charge in [0, 0.05) is 12.2 Å². The van der Waals surface area contributed by atoms with Gasteiger partial charge in [0.1, 0.15) is 11.4 Å². The Balaban J connectivity index is 2.78. The number of hydrogen-bond acceptors (Lipinski definition) is 3. The average molecular weight is 248 g/mol. The number of aromatic carboxylic acids is 1. The molecule has 0 aliphatic rings. The zero-order valence-electron chi connectivity index (χ0n) is 8.95. The second-order valence-electron chi connectivity index (χ2n) is 3.57. The first-order valence-electron chi connectivity index (χ1n) is 4.81. The molecular weight excluding hydrogens is 237 g/mol. The van der Waals surface area contributed by atoms with Crippen molar-refractivity contribution in [2.24, 2.45) is 0 Å². The Kier molecular flexibility index (Phi) is 3.93. The molecule has 0 aliphatic heterocycles. The lowest BCUT2D eigenvalue weighted by Gasteiger charge is -2.17. The summed E-state index contributed by atoms with van der Waals surface area (Å²) in [7, 11) is 0. The first kappa shape index (κ1) is 13.3. The van der Waals surface area contributed by atoms with Crippen molar-refractivity contribution >= 4 is 11.8 Å². The topological polar surface area (TPSA) is 62.2 Å². The number of carboxylic acid groups (broad SMARTS) is 1. The predicted octanol–water partition coefficient (Wildman–Crippen LogP) is 2.53. The van der Waals surface area contributed by atoms with E-state index in [9.17, 15) is 18.0 Å². The van der Waals surface area contributed by atoms with Crippen molar-refractivity contribution in [1.29, 1.82) is 0 Å². The van der Waals surface area contributed by atoms with E-state index in [1.807, 2.05) is 0 Å². The van der Waals surface area contributed by atoms with Crippen LogP contribution >= 0.6 is 0 Å². The second-order valence-corrected chi connectivity index (χ2v) is 3.57. The van der Waals surface area contributed by atoms with E-state index in [1.54, 1.807) is 0 Å². The quantitative estimate of drug-likeness (QED) is 0.859. The molecule has 1 heterocycles. The van der Waals surface area contributed by atoms with E-state index in [0.29, 0.717) is 0 Å². The predicted molar refractivity (Wildman–Crippen MR) is 55.0 cm³/mol. The number of alkyl halides is 3. The van der Waals surface area contributed by atoms with Crippen molar-refractivity contribution in [3.05, 3.63) is 23.9 Å². The normalized spacial score (nSPS) is 13.2. The number of carbonyl (C=O) groups is 1. The number of nitrogens with one attached hydrogen (secondary N) is 1. The first-order valence-corrected chi connectivity index (χ1v) is 4.81. The molecule has 94 valence electrons. The summed E-state index contributed by atoms with van der Waals surface area (Å²) in [6.07, 6.45) is -4.04. The van der Waals surface area contributed by atoms with E-state index >= 15 is 0 Å². The Morgan fingerprint density at radius 2 is 2.24 bits per heavy atom. The van der Waals surface area contributed by atoms with Crippen molar-refractivity contribution < 1.29 is 23.1 Å². The second kappa shape index (κ2) is 5.03. The maximum atomic E-state index is 12.1. The molecule has 0 aromatic carbocycles. The minimum absolute atomic E-state index is 0.0586. The number of hydrogen-bond donors (Lipinski definition) is 2. The van der Waals surface area contributed by atoms with Gasteiger partial charge in [-0.3, -0.25) is 0 Å². The number of nitrogens with zero attached hydrogens (tertiary/aromatic N) is 1. The molecule has 2 N–H and O–H groups in total. The third-order valence-corrected chi connectivity index (χ3v) is 1.96. The van der Waals surface area contributed by atoms with Gasteiger partial charge in [-0.05, 0) is 19.1 Å². The van der Waals surface area contributed by atoms with Crippen LogP contribution in [-0.4, -0.2) is 28.3 Å². The third-order valence-electron chi connectivity index (χ3n) is 1.96. The Labute approximate surface area is 95.5 Å². The minimum atomic E-state index is -4.30. The van der Waals surface area contributed by atoms with Crippen LogP contribution < -0.4 is 5.32 Å². The average Bonchev–Trinajstić information content (AvgIpc) is 2.14. The van der Waals surface area contributed by atoms with Gasteiger partial charge in [-0.1, -0.05) is 0 Å². The van der Waals surface area contributed by atoms with E-state index in [0.717, 1.165) is 0 Å². The Hall–Kier alpha value is -1.79.